The van der Waals surface area contributed by atoms with Gasteiger partial charge in [-0.1, -0.05) is 33.0 Å². The highest BCUT2D eigenvalue weighted by Crippen LogP contribution is 2.34. The zero-order valence-corrected chi connectivity index (χ0v) is 12.1. The van der Waals surface area contributed by atoms with Crippen LogP contribution in [0.2, 0.25) is 0 Å². The molecule has 0 aromatic carbocycles. The maximum Gasteiger partial charge on any atom is 0.232 e. The van der Waals surface area contributed by atoms with Crippen molar-refractivity contribution in [1.29, 1.82) is 0 Å². The molecule has 1 heterocycles. The van der Waals surface area contributed by atoms with E-state index in [1.807, 2.05) is 4.90 Å². The molecular weight excluding hydrogens is 232 g/mol. The number of hydrogen-bond acceptors (Lipinski definition) is 2. The van der Waals surface area contributed by atoms with Crippen LogP contribution in [0.3, 0.4) is 0 Å². The van der Waals surface area contributed by atoms with Crippen LogP contribution in [0.4, 0.5) is 0 Å². The maximum atomic E-state index is 12.1. The molecule has 0 aliphatic carbocycles. The van der Waals surface area contributed by atoms with Crippen LogP contribution in [0.15, 0.2) is 0 Å². The normalized spacial score (nSPS) is 20.1. The van der Waals surface area contributed by atoms with Crippen molar-refractivity contribution in [2.45, 2.75) is 40.5 Å². The van der Waals surface area contributed by atoms with Crippen molar-refractivity contribution in [3.8, 4) is 0 Å². The number of likely N-dealkylation sites (tertiary alicyclic amines) is 1. The van der Waals surface area contributed by atoms with Gasteiger partial charge >= 0.3 is 0 Å². The number of piperidine rings is 1. The minimum absolute atomic E-state index is 0.0878. The van der Waals surface area contributed by atoms with E-state index in [1.165, 1.54) is 0 Å². The fraction of sp³-hybridized carbons (Fsp3) is 0.846. The van der Waals surface area contributed by atoms with E-state index in [-0.39, 0.29) is 11.8 Å². The number of thiocarbonyl (C=S) groups is 1. The quantitative estimate of drug-likeness (QED) is 0.770. The smallest absolute Gasteiger partial charge is 0.232 e. The van der Waals surface area contributed by atoms with Crippen LogP contribution >= 0.6 is 12.2 Å². The first-order valence-corrected chi connectivity index (χ1v) is 6.72. The van der Waals surface area contributed by atoms with Crippen molar-refractivity contribution >= 4 is 23.1 Å². The van der Waals surface area contributed by atoms with Crippen molar-refractivity contribution < 1.29 is 4.79 Å². The first-order valence-electron chi connectivity index (χ1n) is 6.31. The van der Waals surface area contributed by atoms with Gasteiger partial charge in [-0.3, -0.25) is 4.79 Å². The second kappa shape index (κ2) is 5.34. The van der Waals surface area contributed by atoms with Gasteiger partial charge in [0.15, 0.2) is 0 Å². The molecule has 3 nitrogen and oxygen atoms in total. The monoisotopic (exact) mass is 256 g/mol. The van der Waals surface area contributed by atoms with E-state index in [1.54, 1.807) is 6.92 Å². The summed E-state index contributed by atoms with van der Waals surface area (Å²) in [6, 6.07) is 0. The van der Waals surface area contributed by atoms with Gasteiger partial charge in [-0.05, 0) is 31.1 Å². The lowest BCUT2D eigenvalue weighted by Gasteiger charge is -2.39. The molecule has 1 atom stereocenters. The molecule has 0 aromatic rings. The molecule has 0 radical (unpaired) electrons. The molecule has 4 heteroatoms. The Balaban J connectivity index is 2.53. The van der Waals surface area contributed by atoms with E-state index in [9.17, 15) is 4.79 Å². The summed E-state index contributed by atoms with van der Waals surface area (Å²) in [7, 11) is 0. The molecule has 0 aromatic heterocycles. The number of hydrogen-bond donors (Lipinski definition) is 1. The number of carbonyl (C=O) groups is 1. The van der Waals surface area contributed by atoms with Gasteiger partial charge in [0, 0.05) is 13.1 Å². The first-order chi connectivity index (χ1) is 7.73. The van der Waals surface area contributed by atoms with Crippen LogP contribution in [-0.4, -0.2) is 28.9 Å². The van der Waals surface area contributed by atoms with E-state index < -0.39 is 0 Å². The molecule has 1 unspecified atom stereocenters. The summed E-state index contributed by atoms with van der Waals surface area (Å²) in [5.74, 6) is 0.465. The highest BCUT2D eigenvalue weighted by molar-refractivity contribution is 7.80. The molecule has 1 fully saturated rings. The van der Waals surface area contributed by atoms with Crippen molar-refractivity contribution in [2.24, 2.45) is 23.0 Å². The van der Waals surface area contributed by atoms with Crippen LogP contribution in [-0.2, 0) is 4.79 Å². The lowest BCUT2D eigenvalue weighted by Crippen LogP contribution is -2.45. The molecule has 98 valence electrons. The van der Waals surface area contributed by atoms with Gasteiger partial charge in [0.25, 0.3) is 0 Å². The molecular formula is C13H24N2OS. The van der Waals surface area contributed by atoms with Crippen LogP contribution in [0.25, 0.3) is 0 Å². The number of rotatable bonds is 2. The number of nitrogens with two attached hydrogens (primary N) is 1. The molecule has 1 amide bonds. The van der Waals surface area contributed by atoms with E-state index >= 15 is 0 Å². The van der Waals surface area contributed by atoms with Crippen LogP contribution in [0.1, 0.15) is 40.5 Å². The first kappa shape index (κ1) is 14.4. The topological polar surface area (TPSA) is 46.3 Å². The minimum Gasteiger partial charge on any atom is -0.393 e. The van der Waals surface area contributed by atoms with Gasteiger partial charge in [0.05, 0.1) is 10.9 Å². The summed E-state index contributed by atoms with van der Waals surface area (Å²) < 4.78 is 0. The fourth-order valence-corrected chi connectivity index (χ4v) is 2.46. The second-order valence-corrected chi connectivity index (χ2v) is 6.56. The summed E-state index contributed by atoms with van der Waals surface area (Å²) in [6.45, 7) is 10.3. The van der Waals surface area contributed by atoms with Gasteiger partial charge in [0.2, 0.25) is 5.91 Å². The largest absolute Gasteiger partial charge is 0.393 e. The Morgan fingerprint density at radius 3 is 2.18 bits per heavy atom. The van der Waals surface area contributed by atoms with Gasteiger partial charge in [-0.15, -0.1) is 0 Å². The molecule has 0 bridgehead atoms. The molecule has 2 N–H and O–H groups in total. The third-order valence-electron chi connectivity index (χ3n) is 3.83. The molecule has 1 aliphatic rings. The maximum absolute atomic E-state index is 12.1. The Morgan fingerprint density at radius 2 is 1.82 bits per heavy atom. The summed E-state index contributed by atoms with van der Waals surface area (Å²) >= 11 is 4.88. The van der Waals surface area contributed by atoms with Crippen molar-refractivity contribution in [3.63, 3.8) is 0 Å². The van der Waals surface area contributed by atoms with Crippen LogP contribution in [0.5, 0.6) is 0 Å². The predicted molar refractivity (Wildman–Crippen MR) is 74.7 cm³/mol. The Labute approximate surface area is 110 Å². The molecule has 0 saturated carbocycles. The van der Waals surface area contributed by atoms with E-state index in [0.29, 0.717) is 16.3 Å². The van der Waals surface area contributed by atoms with Gasteiger partial charge in [-0.2, -0.15) is 0 Å². The average Bonchev–Trinajstić information content (AvgIpc) is 2.26. The van der Waals surface area contributed by atoms with E-state index in [0.717, 1.165) is 25.9 Å². The summed E-state index contributed by atoms with van der Waals surface area (Å²) in [6.07, 6.45) is 2.17. The number of amides is 1. The van der Waals surface area contributed by atoms with Crippen LogP contribution in [0, 0.1) is 17.3 Å². The standard InChI is InChI=1S/C13H24N2OS/c1-9(11(14)17)12(16)15-7-5-10(6-8-15)13(2,3)4/h9-10H,5-8H2,1-4H3,(H2,14,17). The molecule has 1 saturated heterocycles. The highest BCUT2D eigenvalue weighted by Gasteiger charge is 2.32. The Bertz CT molecular complexity index is 301. The minimum atomic E-state index is -0.323. The van der Waals surface area contributed by atoms with E-state index in [2.05, 4.69) is 20.8 Å². The third kappa shape index (κ3) is 3.66. The van der Waals surface area contributed by atoms with Crippen molar-refractivity contribution in [1.82, 2.24) is 4.90 Å². The molecule has 1 rings (SSSR count). The lowest BCUT2D eigenvalue weighted by atomic mass is 9.75. The summed E-state index contributed by atoms with van der Waals surface area (Å²) in [4.78, 5) is 14.3. The van der Waals surface area contributed by atoms with Crippen molar-refractivity contribution in [3.05, 3.63) is 0 Å². The Hall–Kier alpha value is -0.640. The highest BCUT2D eigenvalue weighted by atomic mass is 32.1. The SMILES string of the molecule is CC(C(=O)N1CCC(C(C)(C)C)CC1)C(N)=S. The molecule has 17 heavy (non-hydrogen) atoms. The van der Waals surface area contributed by atoms with Gasteiger partial charge in [-0.25, -0.2) is 0 Å². The fourth-order valence-electron chi connectivity index (χ4n) is 2.36. The molecule has 0 spiro atoms. The van der Waals surface area contributed by atoms with E-state index in [4.69, 9.17) is 18.0 Å². The van der Waals surface area contributed by atoms with Gasteiger partial charge < -0.3 is 10.6 Å². The molecule has 1 aliphatic heterocycles. The Kier molecular flexibility index (Phi) is 4.53. The zero-order valence-electron chi connectivity index (χ0n) is 11.3. The second-order valence-electron chi connectivity index (χ2n) is 6.09. The summed E-state index contributed by atoms with van der Waals surface area (Å²) in [5, 5.41) is 0. The average molecular weight is 256 g/mol. The Morgan fingerprint density at radius 1 is 1.35 bits per heavy atom. The number of carbonyl (C=O) groups excluding carboxylic acids is 1. The number of nitrogens with zero attached hydrogens (tertiary/aromatic N) is 1. The zero-order chi connectivity index (χ0) is 13.2. The lowest BCUT2D eigenvalue weighted by molar-refractivity contribution is -0.134. The van der Waals surface area contributed by atoms with Crippen LogP contribution < -0.4 is 5.73 Å². The third-order valence-corrected chi connectivity index (χ3v) is 4.18. The summed E-state index contributed by atoms with van der Waals surface area (Å²) in [5.41, 5.74) is 5.86. The van der Waals surface area contributed by atoms with Gasteiger partial charge in [0.1, 0.15) is 0 Å². The predicted octanol–water partition coefficient (Wildman–Crippen LogP) is 2.19. The van der Waals surface area contributed by atoms with Crippen molar-refractivity contribution in [2.75, 3.05) is 13.1 Å².